The molecule has 9 heteroatoms. The minimum atomic E-state index is -0.872. The number of anilines is 3. The Morgan fingerprint density at radius 3 is 2.59 bits per heavy atom. The van der Waals surface area contributed by atoms with Gasteiger partial charge >= 0.3 is 5.97 Å². The van der Waals surface area contributed by atoms with Crippen molar-refractivity contribution in [2.75, 3.05) is 28.6 Å². The average molecular weight is 478 g/mol. The number of hydrogen-bond acceptors (Lipinski definition) is 5. The maximum atomic E-state index is 13.0. The molecule has 174 valence electrons. The van der Waals surface area contributed by atoms with E-state index >= 15 is 0 Å². The van der Waals surface area contributed by atoms with E-state index in [1.807, 2.05) is 23.1 Å². The zero-order valence-corrected chi connectivity index (χ0v) is 19.0. The highest BCUT2D eigenvalue weighted by molar-refractivity contribution is 6.31. The molecule has 6 N–H and O–H groups in total. The molecule has 3 aromatic carbocycles. The molecule has 34 heavy (non-hydrogen) atoms. The van der Waals surface area contributed by atoms with Gasteiger partial charge in [-0.1, -0.05) is 29.8 Å². The monoisotopic (exact) mass is 477 g/mol. The first-order valence-corrected chi connectivity index (χ1v) is 11.1. The number of carboxylic acid groups (broad SMARTS) is 1. The molecule has 0 bridgehead atoms. The second kappa shape index (κ2) is 9.84. The number of benzene rings is 3. The first kappa shape index (κ1) is 23.1. The van der Waals surface area contributed by atoms with Gasteiger partial charge in [0.15, 0.2) is 0 Å². The number of rotatable bonds is 8. The van der Waals surface area contributed by atoms with E-state index in [9.17, 15) is 14.7 Å². The summed E-state index contributed by atoms with van der Waals surface area (Å²) in [5, 5.41) is 23.3. The fourth-order valence-corrected chi connectivity index (χ4v) is 4.24. The summed E-state index contributed by atoms with van der Waals surface area (Å²) in [6.07, 6.45) is 0.799. The number of nitrogens with one attached hydrogen (secondary N) is 3. The van der Waals surface area contributed by atoms with Crippen LogP contribution in [0.1, 0.15) is 27.0 Å². The number of nitrogen functional groups attached to an aromatic ring is 1. The van der Waals surface area contributed by atoms with Crippen molar-refractivity contribution in [2.45, 2.75) is 13.0 Å². The van der Waals surface area contributed by atoms with E-state index in [-0.39, 0.29) is 18.3 Å². The lowest BCUT2D eigenvalue weighted by Crippen LogP contribution is -2.28. The van der Waals surface area contributed by atoms with E-state index in [0.717, 1.165) is 23.2 Å². The molecule has 0 saturated carbocycles. The number of halogens is 1. The van der Waals surface area contributed by atoms with Crippen LogP contribution in [0.4, 0.5) is 17.1 Å². The van der Waals surface area contributed by atoms with Crippen molar-refractivity contribution in [3.63, 3.8) is 0 Å². The Balaban J connectivity index is 1.54. The van der Waals surface area contributed by atoms with Gasteiger partial charge in [-0.15, -0.1) is 0 Å². The van der Waals surface area contributed by atoms with Crippen molar-refractivity contribution >= 4 is 46.4 Å². The first-order valence-electron chi connectivity index (χ1n) is 10.7. The lowest BCUT2D eigenvalue weighted by atomic mass is 10.1. The standard InChI is InChI=1S/C25H24ClN5O3/c26-18-6-9-21(20(12-18)25(34)30-19-7-4-16(5-8-19)24(27)28)29-13-17-3-1-2-15-10-11-31(23(15)17)14-22(32)33/h1-9,12,29H,10-11,13-14H2,(H3,27,28)(H,30,34)(H,32,33). The molecule has 1 heterocycles. The summed E-state index contributed by atoms with van der Waals surface area (Å²) in [6, 6.07) is 17.6. The average Bonchev–Trinajstić information content (AvgIpc) is 3.21. The van der Waals surface area contributed by atoms with E-state index in [0.29, 0.717) is 40.6 Å². The highest BCUT2D eigenvalue weighted by atomic mass is 35.5. The predicted molar refractivity (Wildman–Crippen MR) is 134 cm³/mol. The van der Waals surface area contributed by atoms with Crippen LogP contribution in [0, 0.1) is 5.41 Å². The molecule has 0 unspecified atom stereocenters. The molecule has 1 aliphatic rings. The van der Waals surface area contributed by atoms with Crippen LogP contribution in [-0.4, -0.2) is 35.9 Å². The largest absolute Gasteiger partial charge is 0.480 e. The number of amides is 1. The summed E-state index contributed by atoms with van der Waals surface area (Å²) in [4.78, 5) is 26.2. The minimum Gasteiger partial charge on any atom is -0.480 e. The van der Waals surface area contributed by atoms with Gasteiger partial charge in [-0.25, -0.2) is 0 Å². The zero-order chi connectivity index (χ0) is 24.2. The maximum Gasteiger partial charge on any atom is 0.323 e. The molecule has 4 rings (SSSR count). The zero-order valence-electron chi connectivity index (χ0n) is 18.3. The molecule has 0 saturated heterocycles. The van der Waals surface area contributed by atoms with Crippen molar-refractivity contribution in [2.24, 2.45) is 5.73 Å². The van der Waals surface area contributed by atoms with Crippen LogP contribution in [0.15, 0.2) is 60.7 Å². The Morgan fingerprint density at radius 1 is 1.12 bits per heavy atom. The number of hydrogen-bond donors (Lipinski definition) is 5. The van der Waals surface area contributed by atoms with E-state index < -0.39 is 5.97 Å². The fourth-order valence-electron chi connectivity index (χ4n) is 4.06. The Labute approximate surface area is 201 Å². The summed E-state index contributed by atoms with van der Waals surface area (Å²) in [7, 11) is 0. The Kier molecular flexibility index (Phi) is 6.70. The SMILES string of the molecule is N=C(N)c1ccc(NC(=O)c2cc(Cl)ccc2NCc2cccc3c2N(CC(=O)O)CC3)cc1. The number of carbonyl (C=O) groups is 2. The van der Waals surface area contributed by atoms with Gasteiger partial charge in [-0.3, -0.25) is 15.0 Å². The van der Waals surface area contributed by atoms with Crippen molar-refractivity contribution < 1.29 is 14.7 Å². The Morgan fingerprint density at radius 2 is 1.88 bits per heavy atom. The topological polar surface area (TPSA) is 132 Å². The number of amidine groups is 1. The van der Waals surface area contributed by atoms with Gasteiger partial charge < -0.3 is 26.4 Å². The van der Waals surface area contributed by atoms with E-state index in [2.05, 4.69) is 10.6 Å². The molecule has 3 aromatic rings. The molecule has 8 nitrogen and oxygen atoms in total. The number of carbonyl (C=O) groups excluding carboxylic acids is 1. The predicted octanol–water partition coefficient (Wildman–Crippen LogP) is 3.94. The number of carboxylic acids is 1. The molecule has 0 fully saturated rings. The van der Waals surface area contributed by atoms with Gasteiger partial charge in [0.05, 0.1) is 5.56 Å². The third-order valence-corrected chi connectivity index (χ3v) is 5.88. The number of nitrogens with two attached hydrogens (primary N) is 1. The quantitative estimate of drug-likeness (QED) is 0.247. The van der Waals surface area contributed by atoms with Crippen LogP contribution in [0.25, 0.3) is 0 Å². The normalized spacial score (nSPS) is 12.2. The third-order valence-electron chi connectivity index (χ3n) is 5.65. The van der Waals surface area contributed by atoms with Gasteiger partial charge in [-0.05, 0) is 60.0 Å². The Hall–Kier alpha value is -4.04. The van der Waals surface area contributed by atoms with Crippen molar-refractivity contribution in [1.82, 2.24) is 0 Å². The molecule has 0 aromatic heterocycles. The fraction of sp³-hybridized carbons (Fsp3) is 0.160. The lowest BCUT2D eigenvalue weighted by molar-refractivity contribution is -0.135. The van der Waals surface area contributed by atoms with Crippen LogP contribution in [0.5, 0.6) is 0 Å². The highest BCUT2D eigenvalue weighted by Crippen LogP contribution is 2.32. The van der Waals surface area contributed by atoms with Crippen LogP contribution >= 0.6 is 11.6 Å². The number of fused-ring (bicyclic) bond motifs is 1. The van der Waals surface area contributed by atoms with Gasteiger partial charge in [0.1, 0.15) is 12.4 Å². The van der Waals surface area contributed by atoms with Crippen molar-refractivity contribution in [1.29, 1.82) is 5.41 Å². The molecular formula is C25H24ClN5O3. The van der Waals surface area contributed by atoms with E-state index in [4.69, 9.17) is 22.7 Å². The van der Waals surface area contributed by atoms with E-state index in [1.54, 1.807) is 42.5 Å². The molecule has 1 amide bonds. The number of para-hydroxylation sites is 1. The summed E-state index contributed by atoms with van der Waals surface area (Å²) in [6.45, 7) is 1.02. The van der Waals surface area contributed by atoms with Crippen LogP contribution in [0.2, 0.25) is 5.02 Å². The van der Waals surface area contributed by atoms with Gasteiger partial charge in [0, 0.05) is 40.7 Å². The number of aliphatic carboxylic acids is 1. The third kappa shape index (κ3) is 5.13. The first-order chi connectivity index (χ1) is 16.3. The minimum absolute atomic E-state index is 0.0477. The number of nitrogens with zero attached hydrogens (tertiary/aromatic N) is 1. The van der Waals surface area contributed by atoms with Gasteiger partial charge in [0.2, 0.25) is 0 Å². The highest BCUT2D eigenvalue weighted by Gasteiger charge is 2.24. The molecule has 0 aliphatic carbocycles. The van der Waals surface area contributed by atoms with Gasteiger partial charge in [-0.2, -0.15) is 0 Å². The second-order valence-corrected chi connectivity index (χ2v) is 8.42. The van der Waals surface area contributed by atoms with Crippen LogP contribution in [0.3, 0.4) is 0 Å². The second-order valence-electron chi connectivity index (χ2n) is 7.98. The van der Waals surface area contributed by atoms with Crippen molar-refractivity contribution in [3.05, 3.63) is 87.9 Å². The van der Waals surface area contributed by atoms with Gasteiger partial charge in [0.25, 0.3) is 5.91 Å². The summed E-state index contributed by atoms with van der Waals surface area (Å²) < 4.78 is 0. The maximum absolute atomic E-state index is 13.0. The smallest absolute Gasteiger partial charge is 0.323 e. The molecule has 0 spiro atoms. The molecule has 1 aliphatic heterocycles. The Bertz CT molecular complexity index is 1260. The van der Waals surface area contributed by atoms with Crippen LogP contribution in [-0.2, 0) is 17.8 Å². The van der Waals surface area contributed by atoms with Crippen molar-refractivity contribution in [3.8, 4) is 0 Å². The van der Waals surface area contributed by atoms with E-state index in [1.165, 1.54) is 0 Å². The lowest BCUT2D eigenvalue weighted by Gasteiger charge is -2.21. The summed E-state index contributed by atoms with van der Waals surface area (Å²) >= 11 is 6.17. The molecule has 0 radical (unpaired) electrons. The summed E-state index contributed by atoms with van der Waals surface area (Å²) in [5.41, 5.74) is 10.6. The molecule has 0 atom stereocenters. The molecular weight excluding hydrogens is 454 g/mol. The van der Waals surface area contributed by atoms with Crippen LogP contribution < -0.4 is 21.3 Å². The summed E-state index contributed by atoms with van der Waals surface area (Å²) in [5.74, 6) is -1.26.